The van der Waals surface area contributed by atoms with Gasteiger partial charge in [0.05, 0.1) is 14.2 Å². The number of esters is 1. The van der Waals surface area contributed by atoms with Crippen LogP contribution in [-0.2, 0) is 14.8 Å². The molecule has 1 aliphatic heterocycles. The van der Waals surface area contributed by atoms with E-state index < -0.39 is 16.0 Å². The molecule has 0 spiro atoms. The Labute approximate surface area is 127 Å². The van der Waals surface area contributed by atoms with E-state index >= 15 is 0 Å². The summed E-state index contributed by atoms with van der Waals surface area (Å²) in [5, 5.41) is 3.14. The van der Waals surface area contributed by atoms with E-state index in [1.165, 1.54) is 24.6 Å². The fourth-order valence-corrected chi connectivity index (χ4v) is 5.41. The van der Waals surface area contributed by atoms with Crippen molar-refractivity contribution in [1.82, 2.24) is 9.62 Å². The number of carbonyl (C=O) groups is 1. The zero-order valence-electron chi connectivity index (χ0n) is 12.1. The minimum atomic E-state index is -3.70. The van der Waals surface area contributed by atoms with Crippen LogP contribution in [0.1, 0.15) is 16.6 Å². The maximum atomic E-state index is 12.8. The number of ether oxygens (including phenoxy) is 2. The molecule has 2 heterocycles. The molecule has 118 valence electrons. The van der Waals surface area contributed by atoms with E-state index in [1.807, 2.05) is 6.92 Å². The van der Waals surface area contributed by atoms with E-state index in [0.717, 1.165) is 11.3 Å². The van der Waals surface area contributed by atoms with Crippen molar-refractivity contribution >= 4 is 27.3 Å². The number of piperazine rings is 1. The molecule has 0 radical (unpaired) electrons. The molecule has 0 aliphatic carbocycles. The van der Waals surface area contributed by atoms with Crippen molar-refractivity contribution < 1.29 is 22.7 Å². The molecule has 1 fully saturated rings. The zero-order chi connectivity index (χ0) is 15.6. The van der Waals surface area contributed by atoms with E-state index in [-0.39, 0.29) is 20.9 Å². The van der Waals surface area contributed by atoms with Crippen LogP contribution in [0.5, 0.6) is 5.75 Å². The first kappa shape index (κ1) is 16.2. The van der Waals surface area contributed by atoms with E-state index in [0.29, 0.717) is 19.6 Å². The minimum absolute atomic E-state index is 0.0409. The summed E-state index contributed by atoms with van der Waals surface area (Å²) in [5.41, 5.74) is 0. The number of nitrogens with one attached hydrogen (secondary N) is 1. The summed E-state index contributed by atoms with van der Waals surface area (Å²) in [4.78, 5) is 11.8. The van der Waals surface area contributed by atoms with Gasteiger partial charge in [-0.05, 0) is 6.92 Å². The number of nitrogens with zero attached hydrogens (tertiary/aromatic N) is 1. The number of methoxy groups -OCH3 is 2. The highest BCUT2D eigenvalue weighted by Crippen LogP contribution is 2.36. The first-order valence-corrected chi connectivity index (χ1v) is 8.66. The number of hydrogen-bond donors (Lipinski definition) is 1. The second-order valence-corrected chi connectivity index (χ2v) is 7.76. The van der Waals surface area contributed by atoms with Gasteiger partial charge in [-0.1, -0.05) is 0 Å². The van der Waals surface area contributed by atoms with Crippen LogP contribution < -0.4 is 10.1 Å². The number of carbonyl (C=O) groups excluding carboxylic acids is 1. The molecular formula is C12H18N2O5S2. The van der Waals surface area contributed by atoms with Crippen LogP contribution in [0.4, 0.5) is 0 Å². The molecule has 0 saturated carbocycles. The fraction of sp³-hybridized carbons (Fsp3) is 0.583. The van der Waals surface area contributed by atoms with Gasteiger partial charge in [0.15, 0.2) is 9.96 Å². The summed E-state index contributed by atoms with van der Waals surface area (Å²) in [7, 11) is -1.07. The Morgan fingerprint density at radius 3 is 2.76 bits per heavy atom. The maximum Gasteiger partial charge on any atom is 0.348 e. The van der Waals surface area contributed by atoms with Gasteiger partial charge >= 0.3 is 5.97 Å². The van der Waals surface area contributed by atoms with Gasteiger partial charge in [0.1, 0.15) is 4.88 Å². The number of rotatable bonds is 4. The normalized spacial score (nSPS) is 20.2. The highest BCUT2D eigenvalue weighted by Gasteiger charge is 2.35. The largest absolute Gasteiger partial charge is 0.494 e. The first-order chi connectivity index (χ1) is 9.91. The molecule has 0 aromatic carbocycles. The van der Waals surface area contributed by atoms with E-state index in [1.54, 1.807) is 0 Å². The van der Waals surface area contributed by atoms with Gasteiger partial charge < -0.3 is 14.8 Å². The lowest BCUT2D eigenvalue weighted by Crippen LogP contribution is -2.51. The van der Waals surface area contributed by atoms with Crippen molar-refractivity contribution in [2.45, 2.75) is 17.2 Å². The summed E-state index contributed by atoms with van der Waals surface area (Å²) in [6, 6.07) is 1.24. The molecule has 0 bridgehead atoms. The standard InChI is InChI=1S/C12H18N2O5S2/c1-8-7-13-4-5-14(8)21(16,17)12-9(18-2)6-10(20-12)11(15)19-3/h6,8,13H,4-5,7H2,1-3H3. The summed E-state index contributed by atoms with van der Waals surface area (Å²) in [6.45, 7) is 3.42. The smallest absolute Gasteiger partial charge is 0.348 e. The van der Waals surface area contributed by atoms with Gasteiger partial charge in [-0.3, -0.25) is 0 Å². The lowest BCUT2D eigenvalue weighted by molar-refractivity contribution is 0.0606. The van der Waals surface area contributed by atoms with Gasteiger partial charge in [-0.2, -0.15) is 4.31 Å². The van der Waals surface area contributed by atoms with Crippen LogP contribution in [0.2, 0.25) is 0 Å². The monoisotopic (exact) mass is 334 g/mol. The van der Waals surface area contributed by atoms with E-state index in [2.05, 4.69) is 10.1 Å². The maximum absolute atomic E-state index is 12.8. The summed E-state index contributed by atoms with van der Waals surface area (Å²) >= 11 is 0.870. The van der Waals surface area contributed by atoms with Crippen molar-refractivity contribution in [3.8, 4) is 5.75 Å². The van der Waals surface area contributed by atoms with Crippen LogP contribution in [0.25, 0.3) is 0 Å². The van der Waals surface area contributed by atoms with Crippen LogP contribution >= 0.6 is 11.3 Å². The molecule has 9 heteroatoms. The molecule has 21 heavy (non-hydrogen) atoms. The third kappa shape index (κ3) is 3.05. The molecule has 1 saturated heterocycles. The third-order valence-corrected chi connectivity index (χ3v) is 6.86. The van der Waals surface area contributed by atoms with Crippen LogP contribution in [0, 0.1) is 0 Å². The SMILES string of the molecule is COC(=O)c1cc(OC)c(S(=O)(=O)N2CCNCC2C)s1. The second kappa shape index (κ2) is 6.30. The highest BCUT2D eigenvalue weighted by molar-refractivity contribution is 7.91. The number of hydrogen-bond acceptors (Lipinski definition) is 7. The van der Waals surface area contributed by atoms with Gasteiger partial charge in [-0.25, -0.2) is 13.2 Å². The minimum Gasteiger partial charge on any atom is -0.494 e. The van der Waals surface area contributed by atoms with E-state index in [9.17, 15) is 13.2 Å². The average molecular weight is 334 g/mol. The van der Waals surface area contributed by atoms with Crippen LogP contribution in [0.15, 0.2) is 10.3 Å². The zero-order valence-corrected chi connectivity index (χ0v) is 13.7. The molecule has 1 aromatic rings. The summed E-state index contributed by atoms with van der Waals surface area (Å²) in [6.07, 6.45) is 0. The molecule has 1 aliphatic rings. The van der Waals surface area contributed by atoms with Crippen LogP contribution in [0.3, 0.4) is 0 Å². The van der Waals surface area contributed by atoms with Crippen molar-refractivity contribution in [3.05, 3.63) is 10.9 Å². The Bertz CT molecular complexity index is 626. The molecule has 1 atom stereocenters. The molecule has 0 amide bonds. The Morgan fingerprint density at radius 1 is 1.48 bits per heavy atom. The fourth-order valence-electron chi connectivity index (χ4n) is 2.17. The molecular weight excluding hydrogens is 316 g/mol. The van der Waals surface area contributed by atoms with Crippen LogP contribution in [-0.4, -0.2) is 58.6 Å². The van der Waals surface area contributed by atoms with Gasteiger partial charge in [-0.15, -0.1) is 11.3 Å². The van der Waals surface area contributed by atoms with Gasteiger partial charge in [0.25, 0.3) is 10.0 Å². The van der Waals surface area contributed by atoms with Crippen molar-refractivity contribution in [3.63, 3.8) is 0 Å². The number of thiophene rings is 1. The molecule has 2 rings (SSSR count). The average Bonchev–Trinajstić information content (AvgIpc) is 2.91. The summed E-state index contributed by atoms with van der Waals surface area (Å²) in [5.74, 6) is -0.403. The quantitative estimate of drug-likeness (QED) is 0.809. The van der Waals surface area contributed by atoms with E-state index in [4.69, 9.17) is 4.74 Å². The first-order valence-electron chi connectivity index (χ1n) is 6.40. The Morgan fingerprint density at radius 2 is 2.19 bits per heavy atom. The Kier molecular flexibility index (Phi) is 4.87. The lowest BCUT2D eigenvalue weighted by atomic mass is 10.3. The number of sulfonamides is 1. The molecule has 1 unspecified atom stereocenters. The van der Waals surface area contributed by atoms with Crippen molar-refractivity contribution in [2.75, 3.05) is 33.9 Å². The van der Waals surface area contributed by atoms with Gasteiger partial charge in [0.2, 0.25) is 0 Å². The molecule has 1 N–H and O–H groups in total. The molecule has 7 nitrogen and oxygen atoms in total. The molecule has 1 aromatic heterocycles. The Hall–Kier alpha value is -1.16. The topological polar surface area (TPSA) is 84.9 Å². The lowest BCUT2D eigenvalue weighted by Gasteiger charge is -2.32. The predicted molar refractivity (Wildman–Crippen MR) is 78.4 cm³/mol. The van der Waals surface area contributed by atoms with Gasteiger partial charge in [0, 0.05) is 31.7 Å². The Balaban J connectivity index is 2.43. The predicted octanol–water partition coefficient (Wildman–Crippen LogP) is 0.526. The second-order valence-electron chi connectivity index (χ2n) is 4.63. The van der Waals surface area contributed by atoms with Crippen molar-refractivity contribution in [1.29, 1.82) is 0 Å². The third-order valence-electron chi connectivity index (χ3n) is 3.26. The van der Waals surface area contributed by atoms with Crippen molar-refractivity contribution in [2.24, 2.45) is 0 Å². The highest BCUT2D eigenvalue weighted by atomic mass is 32.2. The summed E-state index contributed by atoms with van der Waals surface area (Å²) < 4.78 is 36.8.